The van der Waals surface area contributed by atoms with Crippen LogP contribution in [-0.4, -0.2) is 24.0 Å². The van der Waals surface area contributed by atoms with Crippen LogP contribution in [0.4, 0.5) is 4.39 Å². The highest BCUT2D eigenvalue weighted by atomic mass is 19.1. The van der Waals surface area contributed by atoms with Gasteiger partial charge in [0, 0.05) is 0 Å². The average molecular weight is 347 g/mol. The monoisotopic (exact) mass is 347 g/mol. The molecule has 2 fully saturated rings. The zero-order chi connectivity index (χ0) is 18.1. The number of carbonyl (C=O) groups excluding carboxylic acids is 2. The fourth-order valence-corrected chi connectivity index (χ4v) is 3.41. The van der Waals surface area contributed by atoms with E-state index in [0.717, 1.165) is 24.0 Å². The van der Waals surface area contributed by atoms with Gasteiger partial charge in [-0.05, 0) is 48.8 Å². The van der Waals surface area contributed by atoms with E-state index in [-0.39, 0.29) is 42.2 Å². The Bertz CT molecular complexity index is 673. The van der Waals surface area contributed by atoms with Crippen LogP contribution in [0, 0.1) is 11.7 Å². The van der Waals surface area contributed by atoms with Gasteiger partial charge in [-0.25, -0.2) is 4.39 Å². The zero-order valence-electron chi connectivity index (χ0n) is 14.9. The van der Waals surface area contributed by atoms with Crippen molar-refractivity contribution >= 4 is 11.8 Å². The van der Waals surface area contributed by atoms with Gasteiger partial charge >= 0.3 is 0 Å². The van der Waals surface area contributed by atoms with E-state index in [2.05, 4.69) is 16.0 Å². The fraction of sp³-hybridized carbons (Fsp3) is 0.579. The van der Waals surface area contributed by atoms with E-state index in [1.54, 1.807) is 13.0 Å². The third-order valence-corrected chi connectivity index (χ3v) is 4.90. The normalized spacial score (nSPS) is 24.8. The van der Waals surface area contributed by atoms with Crippen molar-refractivity contribution in [2.24, 2.45) is 5.92 Å². The quantitative estimate of drug-likeness (QED) is 0.766. The van der Waals surface area contributed by atoms with E-state index < -0.39 is 6.04 Å². The number of hydrogen-bond donors (Lipinski definition) is 3. The van der Waals surface area contributed by atoms with Crippen LogP contribution in [0.5, 0.6) is 0 Å². The Kier molecular flexibility index (Phi) is 5.08. The van der Waals surface area contributed by atoms with Gasteiger partial charge in [0.05, 0.1) is 24.7 Å². The summed E-state index contributed by atoms with van der Waals surface area (Å²) in [5.74, 6) is -0.111. The van der Waals surface area contributed by atoms with Crippen molar-refractivity contribution in [1.29, 1.82) is 0 Å². The number of hydrogen-bond acceptors (Lipinski definition) is 3. The first-order valence-electron chi connectivity index (χ1n) is 9.00. The van der Waals surface area contributed by atoms with E-state index in [0.29, 0.717) is 5.92 Å². The molecule has 0 bridgehead atoms. The molecule has 25 heavy (non-hydrogen) atoms. The minimum absolute atomic E-state index is 0.102. The lowest BCUT2D eigenvalue weighted by Gasteiger charge is -2.31. The Morgan fingerprint density at radius 2 is 2.04 bits per heavy atom. The molecule has 136 valence electrons. The Hall–Kier alpha value is -1.95. The summed E-state index contributed by atoms with van der Waals surface area (Å²) in [5, 5.41) is 8.78. The second-order valence-corrected chi connectivity index (χ2v) is 7.50. The third kappa shape index (κ3) is 4.18. The first kappa shape index (κ1) is 17.9. The van der Waals surface area contributed by atoms with E-state index >= 15 is 0 Å². The van der Waals surface area contributed by atoms with Gasteiger partial charge in [0.2, 0.25) is 11.8 Å². The minimum atomic E-state index is -0.569. The van der Waals surface area contributed by atoms with Crippen LogP contribution in [0.15, 0.2) is 18.2 Å². The molecule has 6 heteroatoms. The molecule has 1 aromatic rings. The van der Waals surface area contributed by atoms with E-state index in [1.165, 1.54) is 0 Å². The zero-order valence-corrected chi connectivity index (χ0v) is 14.9. The van der Waals surface area contributed by atoms with Crippen molar-refractivity contribution in [2.75, 3.05) is 0 Å². The van der Waals surface area contributed by atoms with Gasteiger partial charge in [-0.15, -0.1) is 0 Å². The minimum Gasteiger partial charge on any atom is -0.348 e. The fourth-order valence-electron chi connectivity index (χ4n) is 3.41. The van der Waals surface area contributed by atoms with Crippen LogP contribution in [0.25, 0.3) is 0 Å². The summed E-state index contributed by atoms with van der Waals surface area (Å²) in [6, 6.07) is 4.43. The molecule has 2 amide bonds. The molecule has 3 N–H and O–H groups in total. The van der Waals surface area contributed by atoms with Crippen LogP contribution in [0.3, 0.4) is 0 Å². The second-order valence-electron chi connectivity index (χ2n) is 7.50. The summed E-state index contributed by atoms with van der Waals surface area (Å²) in [6.07, 6.45) is 1.96. The SMILES string of the molecule is CC1NC(=O)CC(C(=O)N[C@@H](c2ccc(C3CC3)c(F)c2)C(C)C)N1. The molecule has 5 nitrogen and oxygen atoms in total. The Balaban J connectivity index is 1.73. The van der Waals surface area contributed by atoms with Crippen LogP contribution in [0.1, 0.15) is 63.1 Å². The molecule has 0 spiro atoms. The van der Waals surface area contributed by atoms with Gasteiger partial charge < -0.3 is 10.6 Å². The first-order chi connectivity index (χ1) is 11.8. The lowest BCUT2D eigenvalue weighted by Crippen LogP contribution is -2.59. The van der Waals surface area contributed by atoms with Crippen molar-refractivity contribution in [3.05, 3.63) is 35.1 Å². The Morgan fingerprint density at radius 3 is 2.60 bits per heavy atom. The summed E-state index contributed by atoms with van der Waals surface area (Å²) in [4.78, 5) is 24.2. The van der Waals surface area contributed by atoms with Gasteiger partial charge in [0.1, 0.15) is 5.82 Å². The molecule has 1 saturated carbocycles. The van der Waals surface area contributed by atoms with Crippen molar-refractivity contribution < 1.29 is 14.0 Å². The lowest BCUT2D eigenvalue weighted by atomic mass is 9.93. The number of halogens is 1. The van der Waals surface area contributed by atoms with Crippen LogP contribution in [0.2, 0.25) is 0 Å². The lowest BCUT2D eigenvalue weighted by molar-refractivity contribution is -0.132. The molecular formula is C19H26FN3O2. The predicted octanol–water partition coefficient (Wildman–Crippen LogP) is 2.34. The highest BCUT2D eigenvalue weighted by molar-refractivity contribution is 5.89. The van der Waals surface area contributed by atoms with E-state index in [9.17, 15) is 14.0 Å². The van der Waals surface area contributed by atoms with Gasteiger partial charge in [0.15, 0.2) is 0 Å². The maximum absolute atomic E-state index is 14.4. The van der Waals surface area contributed by atoms with Crippen molar-refractivity contribution in [2.45, 2.75) is 64.2 Å². The van der Waals surface area contributed by atoms with Gasteiger partial charge in [-0.3, -0.25) is 14.9 Å². The topological polar surface area (TPSA) is 70.2 Å². The number of rotatable bonds is 5. The van der Waals surface area contributed by atoms with Gasteiger partial charge in [0.25, 0.3) is 0 Å². The summed E-state index contributed by atoms with van der Waals surface area (Å²) in [5.41, 5.74) is 1.54. The molecule has 1 aliphatic carbocycles. The van der Waals surface area contributed by atoms with Crippen molar-refractivity contribution in [3.63, 3.8) is 0 Å². The van der Waals surface area contributed by atoms with Crippen LogP contribution in [-0.2, 0) is 9.59 Å². The third-order valence-electron chi connectivity index (χ3n) is 4.90. The largest absolute Gasteiger partial charge is 0.348 e. The number of benzene rings is 1. The van der Waals surface area contributed by atoms with E-state index in [4.69, 9.17) is 0 Å². The summed E-state index contributed by atoms with van der Waals surface area (Å²) >= 11 is 0. The highest BCUT2D eigenvalue weighted by Crippen LogP contribution is 2.41. The first-order valence-corrected chi connectivity index (χ1v) is 9.00. The number of carbonyl (C=O) groups is 2. The average Bonchev–Trinajstić information content (AvgIpc) is 3.35. The van der Waals surface area contributed by atoms with Crippen molar-refractivity contribution in [1.82, 2.24) is 16.0 Å². The Labute approximate surface area is 147 Å². The highest BCUT2D eigenvalue weighted by Gasteiger charge is 2.31. The maximum atomic E-state index is 14.4. The summed E-state index contributed by atoms with van der Waals surface area (Å²) < 4.78 is 14.4. The summed E-state index contributed by atoms with van der Waals surface area (Å²) in [6.45, 7) is 5.77. The van der Waals surface area contributed by atoms with Crippen molar-refractivity contribution in [3.8, 4) is 0 Å². The molecule has 1 aliphatic heterocycles. The number of nitrogens with one attached hydrogen (secondary N) is 3. The molecule has 3 atom stereocenters. The van der Waals surface area contributed by atoms with E-state index in [1.807, 2.05) is 26.0 Å². The summed E-state index contributed by atoms with van der Waals surface area (Å²) in [7, 11) is 0. The number of amides is 2. The molecule has 3 rings (SSSR count). The Morgan fingerprint density at radius 1 is 1.32 bits per heavy atom. The van der Waals surface area contributed by atoms with Crippen LogP contribution < -0.4 is 16.0 Å². The molecule has 0 aromatic heterocycles. The molecule has 1 saturated heterocycles. The van der Waals surface area contributed by atoms with Gasteiger partial charge in [-0.1, -0.05) is 26.0 Å². The predicted molar refractivity (Wildman–Crippen MR) is 93.2 cm³/mol. The molecule has 1 heterocycles. The molecular weight excluding hydrogens is 321 g/mol. The van der Waals surface area contributed by atoms with Gasteiger partial charge in [-0.2, -0.15) is 0 Å². The van der Waals surface area contributed by atoms with Crippen LogP contribution >= 0.6 is 0 Å². The molecule has 2 aliphatic rings. The second kappa shape index (κ2) is 7.12. The molecule has 1 aromatic carbocycles. The maximum Gasteiger partial charge on any atom is 0.238 e. The molecule has 2 unspecified atom stereocenters. The smallest absolute Gasteiger partial charge is 0.238 e. The molecule has 0 radical (unpaired) electrons. The standard InChI is InChI=1S/C19H26FN3O2/c1-10(2)18(13-6-7-14(12-4-5-12)15(20)8-13)23-19(25)16-9-17(24)22-11(3)21-16/h6-8,10-12,16,18,21H,4-5,9H2,1-3H3,(H,22,24)(H,23,25)/t11?,16?,18-/m1/s1.